The van der Waals surface area contributed by atoms with Crippen LogP contribution in [0.15, 0.2) is 41.3 Å². The SMILES string of the molecule is COc1cc(CNc2ccc(C)c(S(=O)(=O)N3CCOCC3)c2)ccc1OC(F)F. The maximum absolute atomic E-state index is 13.0. The van der Waals surface area contributed by atoms with Gasteiger partial charge in [0.25, 0.3) is 0 Å². The molecule has 3 rings (SSSR count). The van der Waals surface area contributed by atoms with E-state index in [1.54, 1.807) is 37.3 Å². The van der Waals surface area contributed by atoms with E-state index in [9.17, 15) is 17.2 Å². The number of nitrogens with zero attached hydrogens (tertiary/aromatic N) is 1. The Balaban J connectivity index is 1.76. The predicted molar refractivity (Wildman–Crippen MR) is 108 cm³/mol. The average molecular weight is 442 g/mol. The van der Waals surface area contributed by atoms with Crippen LogP contribution in [0.2, 0.25) is 0 Å². The van der Waals surface area contributed by atoms with E-state index >= 15 is 0 Å². The first-order valence-electron chi connectivity index (χ1n) is 9.35. The molecule has 0 aromatic heterocycles. The fourth-order valence-corrected chi connectivity index (χ4v) is 4.79. The van der Waals surface area contributed by atoms with Crippen LogP contribution in [-0.2, 0) is 21.3 Å². The average Bonchev–Trinajstić information content (AvgIpc) is 2.74. The van der Waals surface area contributed by atoms with Gasteiger partial charge in [-0.25, -0.2) is 8.42 Å². The number of rotatable bonds is 8. The summed E-state index contributed by atoms with van der Waals surface area (Å²) in [7, 11) is -2.25. The molecule has 0 aliphatic carbocycles. The Kier molecular flexibility index (Phi) is 7.11. The van der Waals surface area contributed by atoms with E-state index in [2.05, 4.69) is 10.1 Å². The van der Waals surface area contributed by atoms with Crippen LogP contribution in [0.5, 0.6) is 11.5 Å². The third kappa shape index (κ3) is 5.18. The predicted octanol–water partition coefficient (Wildman–Crippen LogP) is 3.24. The van der Waals surface area contributed by atoms with Crippen molar-refractivity contribution >= 4 is 15.7 Å². The number of hydrogen-bond donors (Lipinski definition) is 1. The van der Waals surface area contributed by atoms with Crippen molar-refractivity contribution in [3.63, 3.8) is 0 Å². The van der Waals surface area contributed by atoms with Crippen molar-refractivity contribution in [1.29, 1.82) is 0 Å². The van der Waals surface area contributed by atoms with Gasteiger partial charge in [-0.1, -0.05) is 12.1 Å². The van der Waals surface area contributed by atoms with E-state index in [4.69, 9.17) is 9.47 Å². The maximum atomic E-state index is 13.0. The van der Waals surface area contributed by atoms with Gasteiger partial charge in [0.2, 0.25) is 10.0 Å². The molecule has 164 valence electrons. The molecule has 0 saturated carbocycles. The molecule has 1 aliphatic rings. The summed E-state index contributed by atoms with van der Waals surface area (Å²) in [5, 5.41) is 3.16. The number of nitrogens with one attached hydrogen (secondary N) is 1. The third-order valence-electron chi connectivity index (χ3n) is 4.72. The molecule has 0 bridgehead atoms. The summed E-state index contributed by atoms with van der Waals surface area (Å²) < 4.78 is 67.1. The molecule has 30 heavy (non-hydrogen) atoms. The van der Waals surface area contributed by atoms with E-state index in [0.717, 1.165) is 5.56 Å². The van der Waals surface area contributed by atoms with Gasteiger partial charge in [0, 0.05) is 25.3 Å². The molecule has 1 N–H and O–H groups in total. The first kappa shape index (κ1) is 22.3. The van der Waals surface area contributed by atoms with Crippen molar-refractivity contribution in [2.45, 2.75) is 25.0 Å². The smallest absolute Gasteiger partial charge is 0.387 e. The van der Waals surface area contributed by atoms with Crippen LogP contribution >= 0.6 is 0 Å². The maximum Gasteiger partial charge on any atom is 0.387 e. The number of morpholine rings is 1. The standard InChI is InChI=1S/C20H24F2N2O5S/c1-14-3-5-16(12-19(14)30(25,26)24-7-9-28-10-8-24)23-13-15-4-6-17(29-20(21)22)18(11-15)27-2/h3-6,11-12,20,23H,7-10,13H2,1-2H3. The lowest BCUT2D eigenvalue weighted by molar-refractivity contribution is -0.0512. The van der Waals surface area contributed by atoms with Crippen LogP contribution in [0, 0.1) is 6.92 Å². The minimum absolute atomic E-state index is 0.0505. The number of ether oxygens (including phenoxy) is 3. The van der Waals surface area contributed by atoms with Crippen LogP contribution < -0.4 is 14.8 Å². The zero-order chi connectivity index (χ0) is 21.7. The lowest BCUT2D eigenvalue weighted by Crippen LogP contribution is -2.40. The molecular weight excluding hydrogens is 418 g/mol. The summed E-state index contributed by atoms with van der Waals surface area (Å²) in [5.74, 6) is 0.138. The summed E-state index contributed by atoms with van der Waals surface area (Å²) in [6.45, 7) is 0.558. The quantitative estimate of drug-likeness (QED) is 0.677. The first-order valence-corrected chi connectivity index (χ1v) is 10.8. The Morgan fingerprint density at radius 2 is 1.87 bits per heavy atom. The van der Waals surface area contributed by atoms with Crippen molar-refractivity contribution in [3.05, 3.63) is 47.5 Å². The summed E-state index contributed by atoms with van der Waals surface area (Å²) in [4.78, 5) is 0.243. The molecule has 0 radical (unpaired) electrons. The van der Waals surface area contributed by atoms with Gasteiger partial charge < -0.3 is 19.5 Å². The fraction of sp³-hybridized carbons (Fsp3) is 0.400. The van der Waals surface area contributed by atoms with Crippen molar-refractivity contribution in [2.24, 2.45) is 0 Å². The van der Waals surface area contributed by atoms with Gasteiger partial charge in [-0.3, -0.25) is 0 Å². The normalized spacial score (nSPS) is 15.2. The highest BCUT2D eigenvalue weighted by molar-refractivity contribution is 7.89. The number of alkyl halides is 2. The van der Waals surface area contributed by atoms with E-state index in [0.29, 0.717) is 44.1 Å². The number of aryl methyl sites for hydroxylation is 1. The Morgan fingerprint density at radius 1 is 1.13 bits per heavy atom. The molecule has 1 heterocycles. The third-order valence-corrected chi connectivity index (χ3v) is 6.76. The van der Waals surface area contributed by atoms with Crippen molar-refractivity contribution in [2.75, 3.05) is 38.7 Å². The van der Waals surface area contributed by atoms with Gasteiger partial charge in [-0.2, -0.15) is 13.1 Å². The lowest BCUT2D eigenvalue weighted by Gasteiger charge is -2.27. The molecular formula is C20H24F2N2O5S. The van der Waals surface area contributed by atoms with Crippen molar-refractivity contribution < 1.29 is 31.4 Å². The molecule has 10 heteroatoms. The topological polar surface area (TPSA) is 77.1 Å². The van der Waals surface area contributed by atoms with E-state index in [-0.39, 0.29) is 16.4 Å². The molecule has 1 fully saturated rings. The second-order valence-electron chi connectivity index (χ2n) is 6.71. The van der Waals surface area contributed by atoms with Crippen LogP contribution in [-0.4, -0.2) is 52.7 Å². The number of methoxy groups -OCH3 is 1. The van der Waals surface area contributed by atoms with Gasteiger partial charge in [0.15, 0.2) is 11.5 Å². The van der Waals surface area contributed by atoms with Crippen LogP contribution in [0.25, 0.3) is 0 Å². The number of hydrogen-bond acceptors (Lipinski definition) is 6. The molecule has 7 nitrogen and oxygen atoms in total. The van der Waals surface area contributed by atoms with Gasteiger partial charge in [0.05, 0.1) is 25.2 Å². The zero-order valence-corrected chi connectivity index (χ0v) is 17.5. The summed E-state index contributed by atoms with van der Waals surface area (Å²) in [5.41, 5.74) is 2.04. The summed E-state index contributed by atoms with van der Waals surface area (Å²) >= 11 is 0. The Labute approximate surface area is 174 Å². The zero-order valence-electron chi connectivity index (χ0n) is 16.7. The Bertz CT molecular complexity index is 979. The highest BCUT2D eigenvalue weighted by Gasteiger charge is 2.27. The van der Waals surface area contributed by atoms with Gasteiger partial charge in [0.1, 0.15) is 0 Å². The Morgan fingerprint density at radius 3 is 2.53 bits per heavy atom. The molecule has 2 aromatic rings. The fourth-order valence-electron chi connectivity index (χ4n) is 3.13. The largest absolute Gasteiger partial charge is 0.493 e. The van der Waals surface area contributed by atoms with Crippen molar-refractivity contribution in [3.8, 4) is 11.5 Å². The molecule has 0 atom stereocenters. The van der Waals surface area contributed by atoms with E-state index in [1.807, 2.05) is 0 Å². The van der Waals surface area contributed by atoms with Gasteiger partial charge in [-0.05, 0) is 42.3 Å². The van der Waals surface area contributed by atoms with Gasteiger partial charge >= 0.3 is 6.61 Å². The second kappa shape index (κ2) is 9.59. The molecule has 0 amide bonds. The number of sulfonamides is 1. The second-order valence-corrected chi connectivity index (χ2v) is 8.62. The van der Waals surface area contributed by atoms with Crippen LogP contribution in [0.1, 0.15) is 11.1 Å². The van der Waals surface area contributed by atoms with Gasteiger partial charge in [-0.15, -0.1) is 0 Å². The molecule has 2 aromatic carbocycles. The molecule has 0 unspecified atom stereocenters. The summed E-state index contributed by atoms with van der Waals surface area (Å²) in [6, 6.07) is 9.77. The Hall–Kier alpha value is -2.43. The lowest BCUT2D eigenvalue weighted by atomic mass is 10.2. The first-order chi connectivity index (χ1) is 14.3. The minimum atomic E-state index is -3.62. The number of benzene rings is 2. The highest BCUT2D eigenvalue weighted by atomic mass is 32.2. The molecule has 0 spiro atoms. The monoisotopic (exact) mass is 442 g/mol. The minimum Gasteiger partial charge on any atom is -0.493 e. The number of anilines is 1. The summed E-state index contributed by atoms with van der Waals surface area (Å²) in [6.07, 6.45) is 0. The number of halogens is 2. The highest BCUT2D eigenvalue weighted by Crippen LogP contribution is 2.30. The van der Waals surface area contributed by atoms with Crippen molar-refractivity contribution in [1.82, 2.24) is 4.31 Å². The molecule has 1 saturated heterocycles. The van der Waals surface area contributed by atoms with E-state index in [1.165, 1.54) is 17.5 Å². The van der Waals surface area contributed by atoms with E-state index < -0.39 is 16.6 Å². The van der Waals surface area contributed by atoms with Crippen LogP contribution in [0.4, 0.5) is 14.5 Å². The molecule has 1 aliphatic heterocycles. The van der Waals surface area contributed by atoms with Crippen LogP contribution in [0.3, 0.4) is 0 Å².